The molecule has 0 radical (unpaired) electrons. The zero-order valence-corrected chi connectivity index (χ0v) is 20.4. The van der Waals surface area contributed by atoms with Gasteiger partial charge in [0.1, 0.15) is 5.69 Å². The molecule has 0 bridgehead atoms. The zero-order chi connectivity index (χ0) is 25.2. The van der Waals surface area contributed by atoms with E-state index in [0.29, 0.717) is 17.0 Å². The van der Waals surface area contributed by atoms with E-state index in [0.717, 1.165) is 16.5 Å². The van der Waals surface area contributed by atoms with Gasteiger partial charge in [0, 0.05) is 24.2 Å². The lowest BCUT2D eigenvalue weighted by molar-refractivity contribution is -0.139. The molecule has 4 rings (SSSR count). The van der Waals surface area contributed by atoms with Gasteiger partial charge in [-0.25, -0.2) is 8.42 Å². The predicted molar refractivity (Wildman–Crippen MR) is 132 cm³/mol. The molecule has 0 aliphatic carbocycles. The van der Waals surface area contributed by atoms with E-state index in [1.807, 2.05) is 30.5 Å². The molecule has 2 heterocycles. The number of sulfone groups is 1. The fourth-order valence-corrected chi connectivity index (χ4v) is 4.98. The van der Waals surface area contributed by atoms with Gasteiger partial charge in [0.05, 0.1) is 28.8 Å². The van der Waals surface area contributed by atoms with Crippen molar-refractivity contribution >= 4 is 32.6 Å². The average molecular weight is 495 g/mol. The molecule has 0 spiro atoms. The van der Waals surface area contributed by atoms with Gasteiger partial charge < -0.3 is 15.0 Å². The summed E-state index contributed by atoms with van der Waals surface area (Å²) in [5.41, 5.74) is 3.63. The second-order valence-corrected chi connectivity index (χ2v) is 10.1. The molecular formula is C25H26N4O5S. The number of carbonyl (C=O) groups excluding carboxylic acids is 2. The molecule has 9 nitrogen and oxygen atoms in total. The van der Waals surface area contributed by atoms with Crippen LogP contribution in [0.2, 0.25) is 0 Å². The van der Waals surface area contributed by atoms with Crippen LogP contribution in [0.4, 0.5) is 0 Å². The number of aromatic amines is 1. The first kappa shape index (κ1) is 24.2. The topological polar surface area (TPSA) is 123 Å². The van der Waals surface area contributed by atoms with Crippen molar-refractivity contribution in [3.8, 4) is 11.3 Å². The quantitative estimate of drug-likeness (QED) is 0.362. The highest BCUT2D eigenvalue weighted by atomic mass is 32.2. The smallest absolute Gasteiger partial charge is 0.321 e. The summed E-state index contributed by atoms with van der Waals surface area (Å²) in [5.74, 6) is -1.82. The Labute approximate surface area is 203 Å². The summed E-state index contributed by atoms with van der Waals surface area (Å²) in [5, 5.41) is 8.50. The number of hydrogen-bond donors (Lipinski definition) is 2. The van der Waals surface area contributed by atoms with Gasteiger partial charge in [0.15, 0.2) is 15.6 Å². The van der Waals surface area contributed by atoms with Crippen LogP contribution >= 0.6 is 0 Å². The van der Waals surface area contributed by atoms with E-state index in [2.05, 4.69) is 15.4 Å². The summed E-state index contributed by atoms with van der Waals surface area (Å²) in [4.78, 5) is 27.8. The Balaban J connectivity index is 1.48. The number of ether oxygens (including phenoxy) is 1. The third-order valence-corrected chi connectivity index (χ3v) is 7.28. The minimum absolute atomic E-state index is 0.0163. The number of fused-ring (bicyclic) bond motifs is 1. The lowest BCUT2D eigenvalue weighted by Crippen LogP contribution is -2.28. The van der Waals surface area contributed by atoms with E-state index in [1.54, 1.807) is 39.1 Å². The van der Waals surface area contributed by atoms with Crippen LogP contribution in [0.3, 0.4) is 0 Å². The van der Waals surface area contributed by atoms with Gasteiger partial charge >= 0.3 is 5.97 Å². The molecule has 10 heteroatoms. The summed E-state index contributed by atoms with van der Waals surface area (Å²) in [6, 6.07) is 15.3. The van der Waals surface area contributed by atoms with Crippen molar-refractivity contribution in [2.45, 2.75) is 24.8 Å². The molecule has 0 saturated carbocycles. The number of hydrogen-bond acceptors (Lipinski definition) is 6. The summed E-state index contributed by atoms with van der Waals surface area (Å²) < 4.78 is 31.1. The van der Waals surface area contributed by atoms with Crippen molar-refractivity contribution in [1.82, 2.24) is 20.1 Å². The molecule has 0 saturated heterocycles. The Morgan fingerprint density at radius 1 is 1.14 bits per heavy atom. The van der Waals surface area contributed by atoms with Gasteiger partial charge in [0.2, 0.25) is 0 Å². The lowest BCUT2D eigenvalue weighted by atomic mass is 10.1. The number of H-pyrrole nitrogens is 1. The summed E-state index contributed by atoms with van der Waals surface area (Å²) in [7, 11) is -2.10. The number of esters is 1. The Hall–Kier alpha value is -3.92. The van der Waals surface area contributed by atoms with Gasteiger partial charge in [0.25, 0.3) is 5.91 Å². The highest BCUT2D eigenvalue weighted by molar-refractivity contribution is 7.92. The van der Waals surface area contributed by atoms with Crippen molar-refractivity contribution in [2.75, 3.05) is 12.4 Å². The van der Waals surface area contributed by atoms with Crippen LogP contribution in [0, 0.1) is 0 Å². The number of aromatic nitrogens is 3. The molecule has 35 heavy (non-hydrogen) atoms. The molecule has 0 unspecified atom stereocenters. The maximum atomic E-state index is 13.0. The lowest BCUT2D eigenvalue weighted by Gasteiger charge is -2.15. The van der Waals surface area contributed by atoms with Gasteiger partial charge in [-0.3, -0.25) is 14.3 Å². The number of benzene rings is 2. The second kappa shape index (κ2) is 9.75. The number of rotatable bonds is 8. The Morgan fingerprint density at radius 3 is 2.60 bits per heavy atom. The third kappa shape index (κ3) is 5.12. The second-order valence-electron chi connectivity index (χ2n) is 8.11. The fourth-order valence-electron chi connectivity index (χ4n) is 3.87. The van der Waals surface area contributed by atoms with Crippen molar-refractivity contribution < 1.29 is 22.7 Å². The molecule has 1 atom stereocenters. The van der Waals surface area contributed by atoms with E-state index in [1.165, 1.54) is 16.8 Å². The molecule has 182 valence electrons. The van der Waals surface area contributed by atoms with E-state index < -0.39 is 27.6 Å². The minimum Gasteiger partial charge on any atom is -0.465 e. The average Bonchev–Trinajstić information content (AvgIpc) is 3.45. The first-order valence-electron chi connectivity index (χ1n) is 11.1. The number of para-hydroxylation sites is 1. The first-order chi connectivity index (χ1) is 16.7. The van der Waals surface area contributed by atoms with Crippen LogP contribution in [0.25, 0.3) is 22.2 Å². The number of nitrogens with zero attached hydrogens (tertiary/aromatic N) is 2. The summed E-state index contributed by atoms with van der Waals surface area (Å²) >= 11 is 0. The molecular weight excluding hydrogens is 468 g/mol. The Bertz CT molecular complexity index is 1490. The van der Waals surface area contributed by atoms with Crippen molar-refractivity contribution in [3.05, 3.63) is 72.1 Å². The van der Waals surface area contributed by atoms with Gasteiger partial charge in [-0.05, 0) is 43.7 Å². The number of nitrogens with one attached hydrogen (secondary N) is 2. The first-order valence-corrected chi connectivity index (χ1v) is 12.7. The van der Waals surface area contributed by atoms with Gasteiger partial charge in [-0.1, -0.05) is 30.3 Å². The fraction of sp³-hybridized carbons (Fsp3) is 0.240. The maximum Gasteiger partial charge on any atom is 0.321 e. The molecule has 0 aliphatic rings. The monoisotopic (exact) mass is 494 g/mol. The Kier molecular flexibility index (Phi) is 6.74. The molecule has 0 aliphatic heterocycles. The van der Waals surface area contributed by atoms with E-state index >= 15 is 0 Å². The van der Waals surface area contributed by atoms with Crippen LogP contribution in [0.15, 0.2) is 65.7 Å². The number of carbonyl (C=O) groups is 2. The van der Waals surface area contributed by atoms with Crippen molar-refractivity contribution in [1.29, 1.82) is 0 Å². The maximum absolute atomic E-state index is 13.0. The van der Waals surface area contributed by atoms with E-state index in [4.69, 9.17) is 4.74 Å². The number of aryl methyl sites for hydroxylation is 1. The van der Waals surface area contributed by atoms with E-state index in [9.17, 15) is 18.0 Å². The zero-order valence-electron chi connectivity index (χ0n) is 19.6. The standard InChI is InChI=1S/C25H26N4O5S/c1-4-34-23(30)15-35(32,33)19-10-8-17(9-11-19)16(2)27-25(31)22-14-21(28-29(22)3)20-7-5-6-18-12-13-26-24(18)20/h5-14,16,26H,4,15H2,1-3H3,(H,27,31)/t16-/m1/s1. The largest absolute Gasteiger partial charge is 0.465 e. The van der Waals surface area contributed by atoms with Crippen LogP contribution in [-0.4, -0.2) is 47.4 Å². The van der Waals surface area contributed by atoms with E-state index in [-0.39, 0.29) is 17.4 Å². The SMILES string of the molecule is CCOC(=O)CS(=O)(=O)c1ccc([C@@H](C)NC(=O)c2cc(-c3cccc4cc[nH]c34)nn2C)cc1. The van der Waals surface area contributed by atoms with Gasteiger partial charge in [-0.2, -0.15) is 5.10 Å². The van der Waals surface area contributed by atoms with Gasteiger partial charge in [-0.15, -0.1) is 0 Å². The summed E-state index contributed by atoms with van der Waals surface area (Å²) in [6.07, 6.45) is 1.86. The highest BCUT2D eigenvalue weighted by Gasteiger charge is 2.22. The van der Waals surface area contributed by atoms with Crippen LogP contribution in [0.5, 0.6) is 0 Å². The minimum atomic E-state index is -3.81. The van der Waals surface area contributed by atoms with Crippen LogP contribution < -0.4 is 5.32 Å². The van der Waals surface area contributed by atoms with Crippen LogP contribution in [0.1, 0.15) is 35.9 Å². The van der Waals surface area contributed by atoms with Crippen LogP contribution in [-0.2, 0) is 26.4 Å². The molecule has 2 N–H and O–H groups in total. The Morgan fingerprint density at radius 2 is 1.89 bits per heavy atom. The van der Waals surface area contributed by atoms with Crippen molar-refractivity contribution in [2.24, 2.45) is 7.05 Å². The summed E-state index contributed by atoms with van der Waals surface area (Å²) in [6.45, 7) is 3.53. The molecule has 2 aromatic carbocycles. The normalized spacial score (nSPS) is 12.4. The molecule has 1 amide bonds. The van der Waals surface area contributed by atoms with Crippen molar-refractivity contribution in [3.63, 3.8) is 0 Å². The molecule has 4 aromatic rings. The number of amides is 1. The highest BCUT2D eigenvalue weighted by Crippen LogP contribution is 2.27. The molecule has 2 aromatic heterocycles. The predicted octanol–water partition coefficient (Wildman–Crippen LogP) is 3.40. The third-order valence-electron chi connectivity index (χ3n) is 5.68. The molecule has 0 fully saturated rings.